The zero-order valence-corrected chi connectivity index (χ0v) is 15.4. The lowest BCUT2D eigenvalue weighted by Gasteiger charge is -2.39. The Kier molecular flexibility index (Phi) is 4.38. The molecule has 0 radical (unpaired) electrons. The van der Waals surface area contributed by atoms with Gasteiger partial charge in [-0.25, -0.2) is 0 Å². The smallest absolute Gasteiger partial charge is 0.257 e. The van der Waals surface area contributed by atoms with Crippen LogP contribution in [0.1, 0.15) is 41.2 Å². The number of carbonyl (C=O) groups excluding carboxylic acids is 1. The molecule has 0 bridgehead atoms. The van der Waals surface area contributed by atoms with Crippen molar-refractivity contribution in [3.05, 3.63) is 45.7 Å². The minimum absolute atomic E-state index is 0.0343. The SMILES string of the molecule is Cn1cc(C(=O)N2CC(Oc3cccc(Cl)c3Cl)C2)c(C2CCC2)n1. The topological polar surface area (TPSA) is 47.4 Å². The standard InChI is InChI=1S/C18H19Cl2N3O2/c1-22-10-13(17(21-22)11-4-2-5-11)18(24)23-8-12(9-23)25-15-7-3-6-14(19)16(15)20/h3,6-7,10-12H,2,4-5,8-9H2,1H3. The van der Waals surface area contributed by atoms with E-state index in [1.807, 2.05) is 13.2 Å². The van der Waals surface area contributed by atoms with E-state index in [-0.39, 0.29) is 12.0 Å². The Bertz CT molecular complexity index is 811. The maximum atomic E-state index is 12.8. The molecule has 4 rings (SSSR count). The average Bonchev–Trinajstić information content (AvgIpc) is 2.85. The first-order valence-electron chi connectivity index (χ1n) is 8.46. The predicted molar refractivity (Wildman–Crippen MR) is 96.6 cm³/mol. The summed E-state index contributed by atoms with van der Waals surface area (Å²) in [6.45, 7) is 1.08. The van der Waals surface area contributed by atoms with Gasteiger partial charge in [0.25, 0.3) is 5.91 Å². The van der Waals surface area contributed by atoms with Gasteiger partial charge in [0, 0.05) is 19.2 Å². The maximum Gasteiger partial charge on any atom is 0.257 e. The number of benzene rings is 1. The van der Waals surface area contributed by atoms with Crippen LogP contribution >= 0.6 is 23.2 Å². The fourth-order valence-corrected chi connectivity index (χ4v) is 3.59. The summed E-state index contributed by atoms with van der Waals surface area (Å²) in [5.41, 5.74) is 1.67. The highest BCUT2D eigenvalue weighted by atomic mass is 35.5. The molecule has 1 aromatic heterocycles. The fourth-order valence-electron chi connectivity index (χ4n) is 3.26. The minimum atomic E-state index is -0.0660. The van der Waals surface area contributed by atoms with E-state index in [1.165, 1.54) is 6.42 Å². The molecule has 0 N–H and O–H groups in total. The number of hydrogen-bond donors (Lipinski definition) is 0. The number of halogens is 2. The zero-order chi connectivity index (χ0) is 17.6. The van der Waals surface area contributed by atoms with E-state index in [1.54, 1.807) is 27.8 Å². The first kappa shape index (κ1) is 16.7. The van der Waals surface area contributed by atoms with E-state index in [0.717, 1.165) is 24.1 Å². The van der Waals surface area contributed by atoms with Crippen LogP contribution in [0.3, 0.4) is 0 Å². The van der Waals surface area contributed by atoms with Crippen molar-refractivity contribution < 1.29 is 9.53 Å². The highest BCUT2D eigenvalue weighted by molar-refractivity contribution is 6.42. The van der Waals surface area contributed by atoms with Crippen LogP contribution in [0.4, 0.5) is 0 Å². The average molecular weight is 380 g/mol. The molecule has 1 aliphatic carbocycles. The molecule has 0 unspecified atom stereocenters. The van der Waals surface area contributed by atoms with Crippen molar-refractivity contribution in [3.63, 3.8) is 0 Å². The van der Waals surface area contributed by atoms with E-state index in [0.29, 0.717) is 34.8 Å². The van der Waals surface area contributed by atoms with Gasteiger partial charge in [0.2, 0.25) is 0 Å². The van der Waals surface area contributed by atoms with Crippen LogP contribution in [-0.4, -0.2) is 39.8 Å². The van der Waals surface area contributed by atoms with Crippen molar-refractivity contribution in [2.45, 2.75) is 31.3 Å². The molecular weight excluding hydrogens is 361 g/mol. The maximum absolute atomic E-state index is 12.8. The number of likely N-dealkylation sites (tertiary alicyclic amines) is 1. The Labute approximate surface area is 156 Å². The van der Waals surface area contributed by atoms with Crippen LogP contribution in [0.5, 0.6) is 5.75 Å². The molecule has 1 amide bonds. The summed E-state index contributed by atoms with van der Waals surface area (Å²) in [6.07, 6.45) is 5.23. The number of aryl methyl sites for hydroxylation is 1. The summed E-state index contributed by atoms with van der Waals surface area (Å²) in [4.78, 5) is 14.6. The number of carbonyl (C=O) groups is 1. The summed E-state index contributed by atoms with van der Waals surface area (Å²) in [5, 5.41) is 5.38. The number of amides is 1. The molecule has 25 heavy (non-hydrogen) atoms. The third-order valence-electron chi connectivity index (χ3n) is 4.92. The molecule has 1 aliphatic heterocycles. The fraction of sp³-hybridized carbons (Fsp3) is 0.444. The second kappa shape index (κ2) is 6.54. The lowest BCUT2D eigenvalue weighted by molar-refractivity contribution is 0.0177. The van der Waals surface area contributed by atoms with Crippen LogP contribution in [-0.2, 0) is 7.05 Å². The van der Waals surface area contributed by atoms with Gasteiger partial charge in [0.1, 0.15) is 16.9 Å². The van der Waals surface area contributed by atoms with Gasteiger partial charge >= 0.3 is 0 Å². The van der Waals surface area contributed by atoms with Crippen LogP contribution in [0.15, 0.2) is 24.4 Å². The molecule has 7 heteroatoms. The molecule has 2 heterocycles. The van der Waals surface area contributed by atoms with Crippen molar-refractivity contribution in [1.82, 2.24) is 14.7 Å². The number of aromatic nitrogens is 2. The largest absolute Gasteiger partial charge is 0.485 e. The van der Waals surface area contributed by atoms with Gasteiger partial charge in [0.05, 0.1) is 29.4 Å². The normalized spacial score (nSPS) is 18.0. The Morgan fingerprint density at radius 1 is 1.28 bits per heavy atom. The quantitative estimate of drug-likeness (QED) is 0.809. The van der Waals surface area contributed by atoms with Gasteiger partial charge in [0.15, 0.2) is 0 Å². The van der Waals surface area contributed by atoms with Crippen molar-refractivity contribution in [2.75, 3.05) is 13.1 Å². The van der Waals surface area contributed by atoms with E-state index in [4.69, 9.17) is 27.9 Å². The van der Waals surface area contributed by atoms with Crippen LogP contribution < -0.4 is 4.74 Å². The van der Waals surface area contributed by atoms with Crippen LogP contribution in [0, 0.1) is 0 Å². The number of rotatable bonds is 4. The van der Waals surface area contributed by atoms with Gasteiger partial charge in [-0.1, -0.05) is 35.7 Å². The van der Waals surface area contributed by atoms with Crippen molar-refractivity contribution in [2.24, 2.45) is 7.05 Å². The van der Waals surface area contributed by atoms with Crippen LogP contribution in [0.2, 0.25) is 10.0 Å². The Balaban J connectivity index is 1.41. The second-order valence-corrected chi connectivity index (χ2v) is 7.52. The van der Waals surface area contributed by atoms with Crippen LogP contribution in [0.25, 0.3) is 0 Å². The third-order valence-corrected chi connectivity index (χ3v) is 5.73. The second-order valence-electron chi connectivity index (χ2n) is 6.73. The molecule has 0 spiro atoms. The van der Waals surface area contributed by atoms with Gasteiger partial charge in [-0.2, -0.15) is 5.10 Å². The first-order chi connectivity index (χ1) is 12.0. The molecule has 1 saturated carbocycles. The number of ether oxygens (including phenoxy) is 1. The number of hydrogen-bond acceptors (Lipinski definition) is 3. The van der Waals surface area contributed by atoms with Crippen molar-refractivity contribution >= 4 is 29.1 Å². The summed E-state index contributed by atoms with van der Waals surface area (Å²) >= 11 is 12.1. The summed E-state index contributed by atoms with van der Waals surface area (Å²) in [5.74, 6) is 1.02. The van der Waals surface area contributed by atoms with Gasteiger partial charge in [-0.15, -0.1) is 0 Å². The molecule has 132 valence electrons. The first-order valence-corrected chi connectivity index (χ1v) is 9.22. The monoisotopic (exact) mass is 379 g/mol. The summed E-state index contributed by atoms with van der Waals surface area (Å²) in [6, 6.07) is 5.30. The van der Waals surface area contributed by atoms with Gasteiger partial charge < -0.3 is 9.64 Å². The molecular formula is C18H19Cl2N3O2. The predicted octanol–water partition coefficient (Wildman–Crippen LogP) is 3.90. The highest BCUT2D eigenvalue weighted by Crippen LogP contribution is 2.38. The Hall–Kier alpha value is -1.72. The molecule has 2 fully saturated rings. The van der Waals surface area contributed by atoms with E-state index < -0.39 is 0 Å². The van der Waals surface area contributed by atoms with E-state index in [2.05, 4.69) is 5.10 Å². The lowest BCUT2D eigenvalue weighted by atomic mass is 9.81. The third kappa shape index (κ3) is 3.11. The lowest BCUT2D eigenvalue weighted by Crippen LogP contribution is -2.56. The summed E-state index contributed by atoms with van der Waals surface area (Å²) in [7, 11) is 1.86. The molecule has 2 aliphatic rings. The minimum Gasteiger partial charge on any atom is -0.485 e. The molecule has 1 saturated heterocycles. The molecule has 0 atom stereocenters. The van der Waals surface area contributed by atoms with Crippen molar-refractivity contribution in [1.29, 1.82) is 0 Å². The number of nitrogens with zero attached hydrogens (tertiary/aromatic N) is 3. The zero-order valence-electron chi connectivity index (χ0n) is 13.9. The van der Waals surface area contributed by atoms with E-state index in [9.17, 15) is 4.79 Å². The van der Waals surface area contributed by atoms with Gasteiger partial charge in [-0.05, 0) is 25.0 Å². The molecule has 5 nitrogen and oxygen atoms in total. The van der Waals surface area contributed by atoms with Crippen molar-refractivity contribution in [3.8, 4) is 5.75 Å². The molecule has 2 aromatic rings. The Morgan fingerprint density at radius 2 is 2.04 bits per heavy atom. The Morgan fingerprint density at radius 3 is 2.72 bits per heavy atom. The van der Waals surface area contributed by atoms with E-state index >= 15 is 0 Å². The van der Waals surface area contributed by atoms with Gasteiger partial charge in [-0.3, -0.25) is 9.48 Å². The highest BCUT2D eigenvalue weighted by Gasteiger charge is 2.36. The molecule has 1 aromatic carbocycles. The summed E-state index contributed by atoms with van der Waals surface area (Å²) < 4.78 is 7.60.